The number of fused-ring (bicyclic) bond motifs is 7. The second-order valence-electron chi connectivity index (χ2n) is 12.9. The van der Waals surface area contributed by atoms with Crippen LogP contribution in [0.1, 0.15) is 43.5 Å². The topological polar surface area (TPSA) is 9.86 Å². The second-order valence-corrected chi connectivity index (χ2v) is 12.9. The summed E-state index contributed by atoms with van der Waals surface area (Å²) in [5.41, 5.74) is 15.2. The molecular weight excluding hydrogens is 544 g/mol. The summed E-state index contributed by atoms with van der Waals surface area (Å²) >= 11 is 0. The molecule has 0 spiro atoms. The number of aromatic nitrogens is 2. The summed E-state index contributed by atoms with van der Waals surface area (Å²) in [5, 5.41) is 2.61. The van der Waals surface area contributed by atoms with E-state index in [4.69, 9.17) is 0 Å². The minimum Gasteiger partial charge on any atom is -0.310 e. The Morgan fingerprint density at radius 1 is 0.600 bits per heavy atom. The molecule has 2 nitrogen and oxygen atoms in total. The van der Waals surface area contributed by atoms with Gasteiger partial charge >= 0.3 is 0 Å². The van der Waals surface area contributed by atoms with E-state index in [9.17, 15) is 0 Å². The van der Waals surface area contributed by atoms with Crippen LogP contribution in [-0.2, 0) is 5.41 Å². The molecule has 0 N–H and O–H groups in total. The molecule has 3 heterocycles. The van der Waals surface area contributed by atoms with E-state index < -0.39 is 0 Å². The van der Waals surface area contributed by atoms with Crippen LogP contribution >= 0.6 is 0 Å². The van der Waals surface area contributed by atoms with Gasteiger partial charge in [-0.05, 0) is 70.5 Å². The van der Waals surface area contributed by atoms with Crippen molar-refractivity contribution >= 4 is 27.4 Å². The van der Waals surface area contributed by atoms with E-state index in [1.165, 1.54) is 78.0 Å². The minimum absolute atomic E-state index is 0.178. The number of benzene rings is 5. The maximum Gasteiger partial charge on any atom is 0.0770 e. The van der Waals surface area contributed by atoms with Crippen LogP contribution in [0.3, 0.4) is 0 Å². The third kappa shape index (κ3) is 3.82. The highest BCUT2D eigenvalue weighted by molar-refractivity contribution is 6.18. The smallest absolute Gasteiger partial charge is 0.0770 e. The summed E-state index contributed by atoms with van der Waals surface area (Å²) in [5.74, 6) is 0. The van der Waals surface area contributed by atoms with Crippen LogP contribution in [0.15, 0.2) is 146 Å². The fraction of sp³-hybridized carbons (Fsp3) is 0.116. The Kier molecular flexibility index (Phi) is 5.70. The first-order valence-corrected chi connectivity index (χ1v) is 16.0. The molecule has 5 aromatic carbocycles. The highest BCUT2D eigenvalue weighted by Gasteiger charge is 2.42. The lowest BCUT2D eigenvalue weighted by Gasteiger charge is -2.21. The monoisotopic (exact) mass is 578 g/mol. The Balaban J connectivity index is 1.35. The fourth-order valence-electron chi connectivity index (χ4n) is 7.83. The van der Waals surface area contributed by atoms with Gasteiger partial charge in [-0.1, -0.05) is 135 Å². The Labute approximate surface area is 264 Å². The lowest BCUT2D eigenvalue weighted by atomic mass is 9.83. The van der Waals surface area contributed by atoms with Crippen LogP contribution < -0.4 is 0 Å². The molecule has 2 aromatic heterocycles. The van der Waals surface area contributed by atoms with E-state index in [1.807, 2.05) is 0 Å². The van der Waals surface area contributed by atoms with Gasteiger partial charge in [0.2, 0.25) is 0 Å². The molecule has 2 aliphatic rings. The van der Waals surface area contributed by atoms with Crippen LogP contribution in [0, 0.1) is 0 Å². The highest BCUT2D eigenvalue weighted by atomic mass is 15.1. The number of hydrogen-bond acceptors (Lipinski definition) is 0. The average molecular weight is 579 g/mol. The van der Waals surface area contributed by atoms with Gasteiger partial charge in [0.1, 0.15) is 0 Å². The van der Waals surface area contributed by atoms with Gasteiger partial charge in [-0.25, -0.2) is 0 Å². The first kappa shape index (κ1) is 26.1. The molecule has 45 heavy (non-hydrogen) atoms. The molecule has 1 aliphatic carbocycles. The minimum atomic E-state index is -0.178. The summed E-state index contributed by atoms with van der Waals surface area (Å²) in [4.78, 5) is 0. The van der Waals surface area contributed by atoms with Crippen molar-refractivity contribution in [1.82, 2.24) is 9.13 Å². The lowest BCUT2D eigenvalue weighted by molar-refractivity contribution is 0.646. The van der Waals surface area contributed by atoms with E-state index in [0.717, 1.165) is 12.8 Å². The molecule has 0 fully saturated rings. The Morgan fingerprint density at radius 2 is 1.27 bits per heavy atom. The SMILES string of the molecule is CC1(C)c2ccccc2-n2c(-c3ccc(-c4ccccc4)cc3)c3c4ccccc4n(-c4ccc(C5=CC=CCC5)cc4)c3c21. The van der Waals surface area contributed by atoms with Crippen molar-refractivity contribution in [2.24, 2.45) is 0 Å². The lowest BCUT2D eigenvalue weighted by Crippen LogP contribution is -2.16. The highest BCUT2D eigenvalue weighted by Crippen LogP contribution is 2.53. The predicted octanol–water partition coefficient (Wildman–Crippen LogP) is 11.3. The Hall–Kier alpha value is -5.34. The molecule has 0 saturated heterocycles. The molecule has 0 amide bonds. The zero-order valence-corrected chi connectivity index (χ0v) is 25.7. The van der Waals surface area contributed by atoms with Crippen molar-refractivity contribution in [1.29, 1.82) is 0 Å². The number of para-hydroxylation sites is 2. The zero-order valence-electron chi connectivity index (χ0n) is 25.7. The van der Waals surface area contributed by atoms with Crippen molar-refractivity contribution in [3.8, 4) is 33.8 Å². The quantitative estimate of drug-likeness (QED) is 0.197. The van der Waals surface area contributed by atoms with E-state index in [1.54, 1.807) is 0 Å². The van der Waals surface area contributed by atoms with Gasteiger partial charge in [-0.2, -0.15) is 0 Å². The molecule has 0 atom stereocenters. The van der Waals surface area contributed by atoms with Crippen LogP contribution in [0.25, 0.3) is 61.1 Å². The van der Waals surface area contributed by atoms with Gasteiger partial charge in [0.25, 0.3) is 0 Å². The van der Waals surface area contributed by atoms with Gasteiger partial charge in [-0.15, -0.1) is 0 Å². The molecular formula is C43H34N2. The third-order valence-corrected chi connectivity index (χ3v) is 9.97. The van der Waals surface area contributed by atoms with E-state index in [2.05, 4.69) is 169 Å². The van der Waals surface area contributed by atoms with Crippen molar-refractivity contribution in [3.63, 3.8) is 0 Å². The second kappa shape index (κ2) is 9.84. The first-order valence-electron chi connectivity index (χ1n) is 16.0. The average Bonchev–Trinajstić information content (AvgIpc) is 3.70. The van der Waals surface area contributed by atoms with Crippen LogP contribution in [0.4, 0.5) is 0 Å². The van der Waals surface area contributed by atoms with Gasteiger partial charge in [0, 0.05) is 21.9 Å². The predicted molar refractivity (Wildman–Crippen MR) is 189 cm³/mol. The van der Waals surface area contributed by atoms with Crippen LogP contribution in [0.2, 0.25) is 0 Å². The van der Waals surface area contributed by atoms with Crippen molar-refractivity contribution in [2.75, 3.05) is 0 Å². The standard InChI is InChI=1S/C43H34N2/c1-43(2)36-18-10-12-20-38(36)45-40(33-23-21-31(22-24-33)29-13-5-3-6-14-29)39-35-17-9-11-19-37(35)44(41(39)42(43)45)34-27-25-32(26-28-34)30-15-7-4-8-16-30/h3-7,9-15,17-28H,8,16H2,1-2H3. The third-order valence-electron chi connectivity index (χ3n) is 9.97. The molecule has 0 bridgehead atoms. The van der Waals surface area contributed by atoms with E-state index in [-0.39, 0.29) is 5.41 Å². The normalized spacial score (nSPS) is 14.9. The molecule has 0 radical (unpaired) electrons. The number of allylic oxidation sites excluding steroid dienone is 4. The number of rotatable bonds is 4. The Bertz CT molecular complexity index is 2300. The summed E-state index contributed by atoms with van der Waals surface area (Å²) in [7, 11) is 0. The molecule has 2 heteroatoms. The fourth-order valence-corrected chi connectivity index (χ4v) is 7.83. The van der Waals surface area contributed by atoms with Crippen molar-refractivity contribution in [2.45, 2.75) is 32.1 Å². The zero-order chi connectivity index (χ0) is 30.1. The van der Waals surface area contributed by atoms with Crippen molar-refractivity contribution < 1.29 is 0 Å². The summed E-state index contributed by atoms with van der Waals surface area (Å²) in [6, 6.07) is 47.0. The van der Waals surface area contributed by atoms with Crippen molar-refractivity contribution in [3.05, 3.63) is 162 Å². The molecule has 7 aromatic rings. The van der Waals surface area contributed by atoms with E-state index in [0.29, 0.717) is 0 Å². The van der Waals surface area contributed by atoms with Gasteiger partial charge in [0.15, 0.2) is 0 Å². The van der Waals surface area contributed by atoms with Crippen LogP contribution in [0.5, 0.6) is 0 Å². The summed E-state index contributed by atoms with van der Waals surface area (Å²) < 4.78 is 5.08. The largest absolute Gasteiger partial charge is 0.310 e. The molecule has 9 rings (SSSR count). The van der Waals surface area contributed by atoms with Gasteiger partial charge < -0.3 is 9.13 Å². The van der Waals surface area contributed by atoms with E-state index >= 15 is 0 Å². The van der Waals surface area contributed by atoms with Gasteiger partial charge in [-0.3, -0.25) is 0 Å². The molecule has 0 saturated carbocycles. The molecule has 1 aliphatic heterocycles. The summed E-state index contributed by atoms with van der Waals surface area (Å²) in [6.07, 6.45) is 8.91. The number of nitrogens with zero attached hydrogens (tertiary/aromatic N) is 2. The maximum absolute atomic E-state index is 2.56. The van der Waals surface area contributed by atoms with Gasteiger partial charge in [0.05, 0.1) is 28.1 Å². The summed E-state index contributed by atoms with van der Waals surface area (Å²) in [6.45, 7) is 4.78. The molecule has 216 valence electrons. The Morgan fingerprint density at radius 3 is 2.04 bits per heavy atom. The first-order chi connectivity index (χ1) is 22.1. The van der Waals surface area contributed by atoms with Crippen LogP contribution in [-0.4, -0.2) is 9.13 Å². The molecule has 0 unspecified atom stereocenters. The maximum atomic E-state index is 2.56. The number of hydrogen-bond donors (Lipinski definition) is 0.